The number of carbonyl (C=O) groups is 2. The maximum absolute atomic E-state index is 12.9. The molecule has 0 fully saturated rings. The summed E-state index contributed by atoms with van der Waals surface area (Å²) in [5.74, 6) is -2.15. The zero-order chi connectivity index (χ0) is 16.2. The average molecular weight is 420 g/mol. The molecule has 0 saturated carbocycles. The lowest BCUT2D eigenvalue weighted by molar-refractivity contribution is -0.148. The van der Waals surface area contributed by atoms with Crippen LogP contribution in [-0.2, 0) is 4.79 Å². The van der Waals surface area contributed by atoms with Crippen LogP contribution in [0.3, 0.4) is 0 Å². The number of benzene rings is 1. The number of carbonyl (C=O) groups excluding carboxylic acids is 1. The molecule has 0 aliphatic carbocycles. The highest BCUT2D eigenvalue weighted by Crippen LogP contribution is 2.21. The van der Waals surface area contributed by atoms with Crippen LogP contribution in [0.1, 0.15) is 0 Å². The van der Waals surface area contributed by atoms with E-state index in [0.717, 1.165) is 12.1 Å². The molecule has 5 nitrogen and oxygen atoms in total. The first kappa shape index (κ1) is 17.5. The van der Waals surface area contributed by atoms with E-state index < -0.39 is 37.1 Å². The molecular weight excluding hydrogens is 411 g/mol. The van der Waals surface area contributed by atoms with Crippen LogP contribution in [0.4, 0.5) is 28.0 Å². The van der Waals surface area contributed by atoms with Crippen LogP contribution >= 0.6 is 22.6 Å². The zero-order valence-electron chi connectivity index (χ0n) is 10.2. The maximum atomic E-state index is 12.9. The molecule has 0 heterocycles. The summed E-state index contributed by atoms with van der Waals surface area (Å²) in [5.41, 5.74) is 0.0829. The van der Waals surface area contributed by atoms with Crippen molar-refractivity contribution < 1.29 is 32.3 Å². The molecule has 0 unspecified atom stereocenters. The minimum absolute atomic E-state index is 0.0829. The van der Waals surface area contributed by atoms with Gasteiger partial charge in [-0.2, -0.15) is 13.2 Å². The highest BCUT2D eigenvalue weighted by atomic mass is 127. The van der Waals surface area contributed by atoms with Crippen LogP contribution in [0, 0.1) is 9.39 Å². The van der Waals surface area contributed by atoms with Gasteiger partial charge in [0.05, 0.1) is 5.69 Å². The first-order valence-electron chi connectivity index (χ1n) is 5.38. The van der Waals surface area contributed by atoms with Gasteiger partial charge in [0, 0.05) is 3.57 Å². The van der Waals surface area contributed by atoms with Crippen LogP contribution in [0.2, 0.25) is 0 Å². The lowest BCUT2D eigenvalue weighted by atomic mass is 10.3. The van der Waals surface area contributed by atoms with Gasteiger partial charge >= 0.3 is 18.2 Å². The number of amides is 2. The minimum Gasteiger partial charge on any atom is -0.480 e. The van der Waals surface area contributed by atoms with Crippen molar-refractivity contribution in [3.8, 4) is 0 Å². The van der Waals surface area contributed by atoms with E-state index in [2.05, 4.69) is 5.32 Å². The fraction of sp³-hybridized carbons (Fsp3) is 0.273. The largest absolute Gasteiger partial charge is 0.480 e. The number of halogens is 5. The number of hydrogen-bond donors (Lipinski definition) is 2. The number of nitrogens with zero attached hydrogens (tertiary/aromatic N) is 1. The molecule has 21 heavy (non-hydrogen) atoms. The van der Waals surface area contributed by atoms with Gasteiger partial charge in [-0.3, -0.25) is 4.79 Å². The van der Waals surface area contributed by atoms with Gasteiger partial charge in [-0.15, -0.1) is 0 Å². The summed E-state index contributed by atoms with van der Waals surface area (Å²) in [6.45, 7) is -2.81. The molecule has 0 radical (unpaired) electrons. The Bertz CT molecular complexity index is 551. The first-order chi connectivity index (χ1) is 9.58. The van der Waals surface area contributed by atoms with Gasteiger partial charge in [-0.05, 0) is 40.8 Å². The molecule has 0 atom stereocenters. The molecule has 10 heteroatoms. The molecule has 0 aliphatic rings. The predicted octanol–water partition coefficient (Wildman–Crippen LogP) is 2.91. The molecule has 2 N–H and O–H groups in total. The van der Waals surface area contributed by atoms with E-state index in [0.29, 0.717) is 0 Å². The Balaban J connectivity index is 2.87. The van der Waals surface area contributed by atoms with Crippen molar-refractivity contribution in [2.75, 3.05) is 18.4 Å². The third kappa shape index (κ3) is 6.14. The van der Waals surface area contributed by atoms with Crippen molar-refractivity contribution in [3.05, 3.63) is 27.6 Å². The van der Waals surface area contributed by atoms with Crippen LogP contribution in [0.15, 0.2) is 18.2 Å². The summed E-state index contributed by atoms with van der Waals surface area (Å²) in [6.07, 6.45) is -4.73. The first-order valence-corrected chi connectivity index (χ1v) is 6.46. The normalized spacial score (nSPS) is 11.1. The Morgan fingerprint density at radius 2 is 1.95 bits per heavy atom. The van der Waals surface area contributed by atoms with Crippen molar-refractivity contribution in [3.63, 3.8) is 0 Å². The Morgan fingerprint density at radius 1 is 1.33 bits per heavy atom. The number of alkyl halides is 3. The molecular formula is C11H9F4IN2O3. The van der Waals surface area contributed by atoms with E-state index in [1.165, 1.54) is 6.07 Å². The molecule has 0 aliphatic heterocycles. The smallest absolute Gasteiger partial charge is 0.406 e. The molecule has 1 aromatic carbocycles. The molecule has 0 bridgehead atoms. The van der Waals surface area contributed by atoms with E-state index in [1.807, 2.05) is 0 Å². The van der Waals surface area contributed by atoms with Crippen molar-refractivity contribution >= 4 is 40.3 Å². The Hall–Kier alpha value is -1.59. The number of nitrogens with one attached hydrogen (secondary N) is 1. The molecule has 0 spiro atoms. The molecule has 0 aromatic heterocycles. The summed E-state index contributed by atoms with van der Waals surface area (Å²) in [6, 6.07) is 2.02. The minimum atomic E-state index is -4.73. The third-order valence-corrected chi connectivity index (χ3v) is 3.05. The third-order valence-electron chi connectivity index (χ3n) is 2.16. The fourth-order valence-electron chi connectivity index (χ4n) is 1.36. The lowest BCUT2D eigenvalue weighted by Crippen LogP contribution is -2.44. The number of urea groups is 1. The van der Waals surface area contributed by atoms with E-state index >= 15 is 0 Å². The second-order valence-electron chi connectivity index (χ2n) is 3.92. The number of aliphatic carboxylic acids is 1. The number of carboxylic acids is 1. The maximum Gasteiger partial charge on any atom is 0.406 e. The lowest BCUT2D eigenvalue weighted by Gasteiger charge is -2.22. The van der Waals surface area contributed by atoms with Gasteiger partial charge in [0.2, 0.25) is 0 Å². The van der Waals surface area contributed by atoms with Crippen LogP contribution in [0.25, 0.3) is 0 Å². The summed E-state index contributed by atoms with van der Waals surface area (Å²) in [5, 5.41) is 10.7. The fourth-order valence-corrected chi connectivity index (χ4v) is 1.98. The quantitative estimate of drug-likeness (QED) is 0.582. The van der Waals surface area contributed by atoms with E-state index in [4.69, 9.17) is 5.11 Å². The van der Waals surface area contributed by atoms with Gasteiger partial charge in [-0.25, -0.2) is 9.18 Å². The Morgan fingerprint density at radius 3 is 2.43 bits per heavy atom. The summed E-state index contributed by atoms with van der Waals surface area (Å²) >= 11 is 1.68. The SMILES string of the molecule is O=C(O)CN(CC(F)(F)F)C(=O)Nc1ccc(F)cc1I. The van der Waals surface area contributed by atoms with E-state index in [-0.39, 0.29) is 14.2 Å². The predicted molar refractivity (Wildman–Crippen MR) is 73.4 cm³/mol. The van der Waals surface area contributed by atoms with Gasteiger partial charge in [-0.1, -0.05) is 0 Å². The molecule has 116 valence electrons. The Kier molecular flexibility index (Phi) is 5.75. The summed E-state index contributed by atoms with van der Waals surface area (Å²) < 4.78 is 50.1. The van der Waals surface area contributed by atoms with Gasteiger partial charge in [0.1, 0.15) is 18.9 Å². The van der Waals surface area contributed by atoms with Gasteiger partial charge in [0.25, 0.3) is 0 Å². The highest BCUT2D eigenvalue weighted by Gasteiger charge is 2.34. The average Bonchev–Trinajstić information content (AvgIpc) is 2.29. The monoisotopic (exact) mass is 420 g/mol. The Labute approximate surface area is 130 Å². The topological polar surface area (TPSA) is 69.6 Å². The molecule has 2 amide bonds. The zero-order valence-corrected chi connectivity index (χ0v) is 12.4. The molecule has 0 saturated heterocycles. The van der Waals surface area contributed by atoms with Crippen LogP contribution in [0.5, 0.6) is 0 Å². The van der Waals surface area contributed by atoms with Crippen LogP contribution < -0.4 is 5.32 Å². The molecule has 1 aromatic rings. The molecule has 1 rings (SSSR count). The number of rotatable bonds is 4. The standard InChI is InChI=1S/C11H9F4IN2O3/c12-6-1-2-8(7(16)3-6)17-10(21)18(4-9(19)20)5-11(13,14)15/h1-3H,4-5H2,(H,17,21)(H,19,20). The number of carboxylic acid groups (broad SMARTS) is 1. The van der Waals surface area contributed by atoms with Crippen molar-refractivity contribution in [1.82, 2.24) is 4.90 Å². The van der Waals surface area contributed by atoms with Crippen molar-refractivity contribution in [1.29, 1.82) is 0 Å². The van der Waals surface area contributed by atoms with E-state index in [9.17, 15) is 27.2 Å². The van der Waals surface area contributed by atoms with E-state index in [1.54, 1.807) is 22.6 Å². The van der Waals surface area contributed by atoms with Crippen molar-refractivity contribution in [2.45, 2.75) is 6.18 Å². The van der Waals surface area contributed by atoms with Crippen molar-refractivity contribution in [2.24, 2.45) is 0 Å². The van der Waals surface area contributed by atoms with Gasteiger partial charge in [0.15, 0.2) is 0 Å². The number of hydrogen-bond acceptors (Lipinski definition) is 2. The second kappa shape index (κ2) is 6.91. The summed E-state index contributed by atoms with van der Waals surface area (Å²) in [7, 11) is 0. The number of anilines is 1. The summed E-state index contributed by atoms with van der Waals surface area (Å²) in [4.78, 5) is 22.3. The second-order valence-corrected chi connectivity index (χ2v) is 5.08. The highest BCUT2D eigenvalue weighted by molar-refractivity contribution is 14.1. The van der Waals surface area contributed by atoms with Crippen LogP contribution in [-0.4, -0.2) is 41.3 Å². The van der Waals surface area contributed by atoms with Gasteiger partial charge < -0.3 is 15.3 Å².